The molecule has 3 rings (SSSR count). The molecule has 0 bridgehead atoms. The monoisotopic (exact) mass is 267 g/mol. The van der Waals surface area contributed by atoms with Crippen LogP contribution < -0.4 is 11.3 Å². The Labute approximate surface area is 117 Å². The minimum absolute atomic E-state index is 0.0943. The van der Waals surface area contributed by atoms with Crippen LogP contribution in [0.2, 0.25) is 0 Å². The lowest BCUT2D eigenvalue weighted by Crippen LogP contribution is -2.28. The fourth-order valence-electron chi connectivity index (χ4n) is 2.43. The molecule has 0 saturated heterocycles. The van der Waals surface area contributed by atoms with E-state index in [9.17, 15) is 0 Å². The van der Waals surface area contributed by atoms with Crippen LogP contribution >= 0.6 is 0 Å². The van der Waals surface area contributed by atoms with Crippen LogP contribution in [0.15, 0.2) is 49.1 Å². The Bertz CT molecular complexity index is 719. The molecule has 5 nitrogen and oxygen atoms in total. The van der Waals surface area contributed by atoms with Gasteiger partial charge in [-0.3, -0.25) is 10.8 Å². The molecule has 2 aromatic heterocycles. The quantitative estimate of drug-likeness (QED) is 0.559. The van der Waals surface area contributed by atoms with E-state index in [4.69, 9.17) is 5.84 Å². The molecule has 0 aliphatic carbocycles. The summed E-state index contributed by atoms with van der Waals surface area (Å²) in [4.78, 5) is 4.16. The summed E-state index contributed by atoms with van der Waals surface area (Å²) in [5, 5.41) is 4.34. The Morgan fingerprint density at radius 3 is 3.05 bits per heavy atom. The first-order valence-electron chi connectivity index (χ1n) is 6.65. The van der Waals surface area contributed by atoms with Gasteiger partial charge in [-0.1, -0.05) is 31.2 Å². The normalized spacial score (nSPS) is 12.7. The Balaban J connectivity index is 2.09. The van der Waals surface area contributed by atoms with Gasteiger partial charge in [-0.2, -0.15) is 5.10 Å². The topological polar surface area (TPSA) is 68.2 Å². The first kappa shape index (κ1) is 12.8. The summed E-state index contributed by atoms with van der Waals surface area (Å²) in [6, 6.07) is 8.33. The number of nitrogens with two attached hydrogens (primary N) is 1. The number of fused-ring (bicyclic) bond motifs is 1. The highest BCUT2D eigenvalue weighted by atomic mass is 15.3. The lowest BCUT2D eigenvalue weighted by molar-refractivity contribution is 0.640. The number of nitrogens with one attached hydrogen (secondary N) is 1. The summed E-state index contributed by atoms with van der Waals surface area (Å²) in [7, 11) is 0. The highest BCUT2D eigenvalue weighted by Gasteiger charge is 2.17. The number of hydrogen-bond acceptors (Lipinski definition) is 4. The summed E-state index contributed by atoms with van der Waals surface area (Å²) in [5.74, 6) is 5.77. The minimum atomic E-state index is -0.0943. The van der Waals surface area contributed by atoms with Gasteiger partial charge in [-0.15, -0.1) is 0 Å². The van der Waals surface area contributed by atoms with Crippen LogP contribution in [0.25, 0.3) is 5.52 Å². The van der Waals surface area contributed by atoms with Gasteiger partial charge in [0.05, 0.1) is 24.0 Å². The van der Waals surface area contributed by atoms with Crippen LogP contribution in [0.1, 0.15) is 29.7 Å². The predicted molar refractivity (Wildman–Crippen MR) is 78.0 cm³/mol. The van der Waals surface area contributed by atoms with Crippen molar-refractivity contribution in [3.63, 3.8) is 0 Å². The molecule has 3 aromatic rings. The molecule has 1 unspecified atom stereocenters. The molecular formula is C15H17N5. The molecule has 0 aliphatic heterocycles. The van der Waals surface area contributed by atoms with Crippen molar-refractivity contribution in [2.24, 2.45) is 5.84 Å². The number of benzene rings is 1. The zero-order valence-corrected chi connectivity index (χ0v) is 11.3. The van der Waals surface area contributed by atoms with E-state index in [2.05, 4.69) is 46.7 Å². The second-order valence-electron chi connectivity index (χ2n) is 4.70. The first-order valence-corrected chi connectivity index (χ1v) is 6.65. The lowest BCUT2D eigenvalue weighted by atomic mass is 9.98. The molecule has 5 heteroatoms. The highest BCUT2D eigenvalue weighted by molar-refractivity contribution is 5.55. The van der Waals surface area contributed by atoms with Crippen molar-refractivity contribution in [3.8, 4) is 0 Å². The third-order valence-corrected chi connectivity index (χ3v) is 3.52. The number of hydrazine groups is 1. The van der Waals surface area contributed by atoms with E-state index in [-0.39, 0.29) is 6.04 Å². The van der Waals surface area contributed by atoms with E-state index in [1.165, 1.54) is 5.56 Å². The summed E-state index contributed by atoms with van der Waals surface area (Å²) in [5.41, 5.74) is 7.28. The molecule has 0 fully saturated rings. The standard InChI is InChI=1S/C15H17N5/c1-2-11-4-3-5-12(8-11)15(19-16)13-9-18-20-7-6-17-10-14(13)20/h3-10,15,19H,2,16H2,1H3. The van der Waals surface area contributed by atoms with Crippen molar-refractivity contribution in [1.29, 1.82) is 0 Å². The zero-order valence-electron chi connectivity index (χ0n) is 11.3. The van der Waals surface area contributed by atoms with Crippen molar-refractivity contribution in [2.45, 2.75) is 19.4 Å². The van der Waals surface area contributed by atoms with E-state index in [1.807, 2.05) is 12.4 Å². The molecule has 102 valence electrons. The number of nitrogens with zero attached hydrogens (tertiary/aromatic N) is 3. The number of rotatable bonds is 4. The summed E-state index contributed by atoms with van der Waals surface area (Å²) >= 11 is 0. The predicted octanol–water partition coefficient (Wildman–Crippen LogP) is 1.84. The van der Waals surface area contributed by atoms with Crippen LogP contribution in [0, 0.1) is 0 Å². The van der Waals surface area contributed by atoms with Gasteiger partial charge in [-0.05, 0) is 17.5 Å². The van der Waals surface area contributed by atoms with Gasteiger partial charge in [0.25, 0.3) is 0 Å². The summed E-state index contributed by atoms with van der Waals surface area (Å²) in [6.45, 7) is 2.14. The smallest absolute Gasteiger partial charge is 0.0896 e. The molecule has 1 atom stereocenters. The molecule has 0 spiro atoms. The summed E-state index contributed by atoms with van der Waals surface area (Å²) < 4.78 is 1.80. The Hall–Kier alpha value is -2.24. The molecule has 0 saturated carbocycles. The van der Waals surface area contributed by atoms with Crippen molar-refractivity contribution in [2.75, 3.05) is 0 Å². The fourth-order valence-corrected chi connectivity index (χ4v) is 2.43. The maximum Gasteiger partial charge on any atom is 0.0896 e. The van der Waals surface area contributed by atoms with Gasteiger partial charge < -0.3 is 0 Å². The van der Waals surface area contributed by atoms with Crippen LogP contribution in [-0.4, -0.2) is 14.6 Å². The van der Waals surface area contributed by atoms with Gasteiger partial charge in [0, 0.05) is 18.0 Å². The fraction of sp³-hybridized carbons (Fsp3) is 0.200. The average Bonchev–Trinajstić information content (AvgIpc) is 2.93. The van der Waals surface area contributed by atoms with Gasteiger partial charge in [0.1, 0.15) is 0 Å². The molecule has 0 amide bonds. The van der Waals surface area contributed by atoms with E-state index < -0.39 is 0 Å². The van der Waals surface area contributed by atoms with E-state index in [0.717, 1.165) is 23.1 Å². The second-order valence-corrected chi connectivity index (χ2v) is 4.70. The molecule has 3 N–H and O–H groups in total. The van der Waals surface area contributed by atoms with E-state index in [1.54, 1.807) is 16.9 Å². The second kappa shape index (κ2) is 5.40. The number of aryl methyl sites for hydroxylation is 1. The third-order valence-electron chi connectivity index (χ3n) is 3.52. The van der Waals surface area contributed by atoms with E-state index >= 15 is 0 Å². The molecular weight excluding hydrogens is 250 g/mol. The molecule has 0 radical (unpaired) electrons. The lowest BCUT2D eigenvalue weighted by Gasteiger charge is -2.16. The van der Waals surface area contributed by atoms with E-state index in [0.29, 0.717) is 0 Å². The maximum atomic E-state index is 5.77. The summed E-state index contributed by atoms with van der Waals surface area (Å²) in [6.07, 6.45) is 8.18. The first-order chi connectivity index (χ1) is 9.83. The van der Waals surface area contributed by atoms with Crippen LogP contribution in [0.3, 0.4) is 0 Å². The number of hydrogen-bond donors (Lipinski definition) is 2. The maximum absolute atomic E-state index is 5.77. The van der Waals surface area contributed by atoms with Gasteiger partial charge in [-0.25, -0.2) is 9.94 Å². The van der Waals surface area contributed by atoms with Crippen molar-refractivity contribution in [1.82, 2.24) is 20.0 Å². The minimum Gasteiger partial charge on any atom is -0.271 e. The van der Waals surface area contributed by atoms with Crippen LogP contribution in [-0.2, 0) is 6.42 Å². The van der Waals surface area contributed by atoms with Crippen molar-refractivity contribution >= 4 is 5.52 Å². The Kier molecular flexibility index (Phi) is 3.45. The van der Waals surface area contributed by atoms with Crippen LogP contribution in [0.4, 0.5) is 0 Å². The van der Waals surface area contributed by atoms with Gasteiger partial charge in [0.15, 0.2) is 0 Å². The zero-order chi connectivity index (χ0) is 13.9. The van der Waals surface area contributed by atoms with Crippen molar-refractivity contribution < 1.29 is 0 Å². The molecule has 2 heterocycles. The molecule has 20 heavy (non-hydrogen) atoms. The van der Waals surface area contributed by atoms with Gasteiger partial charge in [0.2, 0.25) is 0 Å². The Morgan fingerprint density at radius 1 is 1.35 bits per heavy atom. The van der Waals surface area contributed by atoms with Crippen molar-refractivity contribution in [3.05, 3.63) is 65.7 Å². The molecule has 0 aliphatic rings. The SMILES string of the molecule is CCc1cccc(C(NN)c2cnn3ccncc23)c1. The number of aromatic nitrogens is 3. The highest BCUT2D eigenvalue weighted by Crippen LogP contribution is 2.25. The Morgan fingerprint density at radius 2 is 2.25 bits per heavy atom. The van der Waals surface area contributed by atoms with Crippen LogP contribution in [0.5, 0.6) is 0 Å². The third kappa shape index (κ3) is 2.17. The molecule has 1 aromatic carbocycles. The average molecular weight is 267 g/mol. The van der Waals surface area contributed by atoms with Gasteiger partial charge >= 0.3 is 0 Å². The largest absolute Gasteiger partial charge is 0.271 e.